The van der Waals surface area contributed by atoms with Gasteiger partial charge in [0.25, 0.3) is 0 Å². The average molecular weight is 422 g/mol. The first-order chi connectivity index (χ1) is 13.6. The van der Waals surface area contributed by atoms with E-state index in [-0.39, 0.29) is 18.7 Å². The van der Waals surface area contributed by atoms with Gasteiger partial charge in [-0.2, -0.15) is 0 Å². The molecule has 1 amide bonds. The van der Waals surface area contributed by atoms with Crippen LogP contribution in [0.1, 0.15) is 32.7 Å². The molecule has 0 unspecified atom stereocenters. The molecule has 8 heteroatoms. The van der Waals surface area contributed by atoms with E-state index in [4.69, 9.17) is 9.47 Å². The normalized spacial score (nSPS) is 19.4. The number of carbonyl (C=O) groups is 1. The maximum Gasteiger partial charge on any atom is 0.410 e. The number of benzene rings is 1. The van der Waals surface area contributed by atoms with Crippen LogP contribution < -0.4 is 4.74 Å². The number of hydrogen-bond donors (Lipinski definition) is 1. The van der Waals surface area contributed by atoms with Crippen LogP contribution in [0, 0.1) is 6.92 Å². The SMILES string of the molecule is Cc1nc2ccc(OC[C@@H](O)CN3CCN(C(=O)OC(C)(C)C)C[C@@H]3C)cc2s1. The lowest BCUT2D eigenvalue weighted by molar-refractivity contribution is -0.00608. The maximum absolute atomic E-state index is 12.3. The molecule has 0 saturated carbocycles. The van der Waals surface area contributed by atoms with Crippen LogP contribution in [0.15, 0.2) is 18.2 Å². The molecule has 1 aromatic heterocycles. The van der Waals surface area contributed by atoms with Crippen LogP contribution in [0.5, 0.6) is 5.75 Å². The van der Waals surface area contributed by atoms with Crippen molar-refractivity contribution in [2.45, 2.75) is 52.4 Å². The third-order valence-electron chi connectivity index (χ3n) is 4.77. The number of aliphatic hydroxyl groups is 1. The number of aliphatic hydroxyl groups excluding tert-OH is 1. The summed E-state index contributed by atoms with van der Waals surface area (Å²) >= 11 is 1.63. The Kier molecular flexibility index (Phi) is 6.65. The van der Waals surface area contributed by atoms with Crippen molar-refractivity contribution >= 4 is 27.6 Å². The highest BCUT2D eigenvalue weighted by Crippen LogP contribution is 2.26. The second kappa shape index (κ2) is 8.85. The minimum absolute atomic E-state index is 0.141. The van der Waals surface area contributed by atoms with Gasteiger partial charge in [0, 0.05) is 32.2 Å². The summed E-state index contributed by atoms with van der Waals surface area (Å²) in [5.74, 6) is 0.739. The van der Waals surface area contributed by atoms with Crippen molar-refractivity contribution in [2.24, 2.45) is 0 Å². The summed E-state index contributed by atoms with van der Waals surface area (Å²) in [6.45, 7) is 12.3. The molecule has 0 bridgehead atoms. The number of β-amino-alcohol motifs (C(OH)–C–C–N with tert-alkyl or cyclic N) is 1. The zero-order chi connectivity index (χ0) is 21.2. The van der Waals surface area contributed by atoms with Crippen LogP contribution in [0.4, 0.5) is 4.79 Å². The van der Waals surface area contributed by atoms with Crippen molar-refractivity contribution < 1.29 is 19.4 Å². The molecule has 3 rings (SSSR count). The molecule has 2 heterocycles. The smallest absolute Gasteiger partial charge is 0.410 e. The summed E-state index contributed by atoms with van der Waals surface area (Å²) in [6.07, 6.45) is -0.883. The Hall–Kier alpha value is -1.90. The van der Waals surface area contributed by atoms with Gasteiger partial charge in [0.15, 0.2) is 0 Å². The van der Waals surface area contributed by atoms with Crippen molar-refractivity contribution in [1.82, 2.24) is 14.8 Å². The Bertz CT molecular complexity index is 848. The van der Waals surface area contributed by atoms with E-state index in [9.17, 15) is 9.90 Å². The number of aryl methyl sites for hydroxylation is 1. The molecule has 1 N–H and O–H groups in total. The van der Waals surface area contributed by atoms with Gasteiger partial charge in [-0.15, -0.1) is 11.3 Å². The van der Waals surface area contributed by atoms with Gasteiger partial charge in [0.1, 0.15) is 24.1 Å². The van der Waals surface area contributed by atoms with Crippen molar-refractivity contribution in [2.75, 3.05) is 32.8 Å². The Labute approximate surface area is 176 Å². The highest BCUT2D eigenvalue weighted by atomic mass is 32.1. The molecule has 1 fully saturated rings. The Morgan fingerprint density at radius 1 is 1.38 bits per heavy atom. The Balaban J connectivity index is 1.46. The largest absolute Gasteiger partial charge is 0.491 e. The number of ether oxygens (including phenoxy) is 2. The van der Waals surface area contributed by atoms with Crippen molar-refractivity contribution in [3.63, 3.8) is 0 Å². The van der Waals surface area contributed by atoms with Gasteiger partial charge in [-0.3, -0.25) is 4.90 Å². The summed E-state index contributed by atoms with van der Waals surface area (Å²) in [4.78, 5) is 20.6. The van der Waals surface area contributed by atoms with E-state index < -0.39 is 11.7 Å². The molecule has 2 aromatic rings. The Morgan fingerprint density at radius 2 is 2.14 bits per heavy atom. The fourth-order valence-corrected chi connectivity index (χ4v) is 4.24. The summed E-state index contributed by atoms with van der Waals surface area (Å²) in [5.41, 5.74) is 0.475. The number of fused-ring (bicyclic) bond motifs is 1. The second-order valence-corrected chi connectivity index (χ2v) is 9.83. The molecular formula is C21H31N3O4S. The molecular weight excluding hydrogens is 390 g/mol. The molecule has 0 radical (unpaired) electrons. The number of piperazine rings is 1. The number of thiazole rings is 1. The predicted molar refractivity (Wildman–Crippen MR) is 115 cm³/mol. The average Bonchev–Trinajstić information content (AvgIpc) is 2.99. The number of aromatic nitrogens is 1. The van der Waals surface area contributed by atoms with Crippen LogP contribution in [0.2, 0.25) is 0 Å². The van der Waals surface area contributed by atoms with Crippen LogP contribution in [0.25, 0.3) is 10.2 Å². The van der Waals surface area contributed by atoms with Crippen molar-refractivity contribution in [1.29, 1.82) is 0 Å². The summed E-state index contributed by atoms with van der Waals surface area (Å²) in [7, 11) is 0. The fraction of sp³-hybridized carbons (Fsp3) is 0.619. The molecule has 1 aromatic carbocycles. The van der Waals surface area contributed by atoms with Crippen molar-refractivity contribution in [3.8, 4) is 5.75 Å². The predicted octanol–water partition coefficient (Wildman–Crippen LogP) is 3.29. The lowest BCUT2D eigenvalue weighted by Crippen LogP contribution is -2.56. The zero-order valence-electron chi connectivity index (χ0n) is 17.8. The third-order valence-corrected chi connectivity index (χ3v) is 5.70. The fourth-order valence-electron chi connectivity index (χ4n) is 3.38. The molecule has 1 aliphatic rings. The van der Waals surface area contributed by atoms with Gasteiger partial charge < -0.3 is 19.5 Å². The number of nitrogens with zero attached hydrogens (tertiary/aromatic N) is 3. The standard InChI is InChI=1S/C21H31N3O4S/c1-14-11-24(20(26)28-21(3,4)5)9-8-23(14)12-16(25)13-27-17-6-7-18-19(10-17)29-15(2)22-18/h6-7,10,14,16,25H,8-9,11-13H2,1-5H3/t14-,16-/m0/s1. The zero-order valence-corrected chi connectivity index (χ0v) is 18.7. The molecule has 29 heavy (non-hydrogen) atoms. The van der Waals surface area contributed by atoms with Gasteiger partial charge in [0.05, 0.1) is 15.2 Å². The van der Waals surface area contributed by atoms with E-state index in [1.807, 2.05) is 45.9 Å². The molecule has 2 atom stereocenters. The monoisotopic (exact) mass is 421 g/mol. The molecule has 0 spiro atoms. The molecule has 1 aliphatic heterocycles. The topological polar surface area (TPSA) is 75.1 Å². The molecule has 1 saturated heterocycles. The number of amides is 1. The number of rotatable bonds is 5. The lowest BCUT2D eigenvalue weighted by Gasteiger charge is -2.40. The van der Waals surface area contributed by atoms with Gasteiger partial charge in [-0.25, -0.2) is 9.78 Å². The molecule has 0 aliphatic carbocycles. The summed E-state index contributed by atoms with van der Waals surface area (Å²) in [5, 5.41) is 11.5. The van der Waals surface area contributed by atoms with Crippen LogP contribution in [-0.2, 0) is 4.74 Å². The molecule has 7 nitrogen and oxygen atoms in total. The summed E-state index contributed by atoms with van der Waals surface area (Å²) in [6, 6.07) is 5.94. The third kappa shape index (κ3) is 6.04. The second-order valence-electron chi connectivity index (χ2n) is 8.60. The van der Waals surface area contributed by atoms with Gasteiger partial charge in [0.2, 0.25) is 0 Å². The first kappa shape index (κ1) is 21.8. The Morgan fingerprint density at radius 3 is 2.83 bits per heavy atom. The van der Waals surface area contributed by atoms with Crippen LogP contribution in [-0.4, -0.2) is 76.5 Å². The highest BCUT2D eigenvalue weighted by molar-refractivity contribution is 7.18. The van der Waals surface area contributed by atoms with Gasteiger partial charge in [-0.1, -0.05) is 0 Å². The van der Waals surface area contributed by atoms with Gasteiger partial charge >= 0.3 is 6.09 Å². The minimum Gasteiger partial charge on any atom is -0.491 e. The van der Waals surface area contributed by atoms with Crippen LogP contribution in [0.3, 0.4) is 0 Å². The van der Waals surface area contributed by atoms with E-state index in [2.05, 4.69) is 16.8 Å². The first-order valence-electron chi connectivity index (χ1n) is 10.0. The highest BCUT2D eigenvalue weighted by Gasteiger charge is 2.30. The van der Waals surface area contributed by atoms with E-state index in [1.165, 1.54) is 0 Å². The van der Waals surface area contributed by atoms with Crippen LogP contribution >= 0.6 is 11.3 Å². The van der Waals surface area contributed by atoms with E-state index in [1.54, 1.807) is 16.2 Å². The summed E-state index contributed by atoms with van der Waals surface area (Å²) < 4.78 is 12.3. The van der Waals surface area contributed by atoms with E-state index in [0.717, 1.165) is 21.0 Å². The minimum atomic E-state index is -0.607. The first-order valence-corrected chi connectivity index (χ1v) is 10.8. The maximum atomic E-state index is 12.3. The number of hydrogen-bond acceptors (Lipinski definition) is 7. The van der Waals surface area contributed by atoms with E-state index in [0.29, 0.717) is 26.2 Å². The van der Waals surface area contributed by atoms with Gasteiger partial charge in [-0.05, 0) is 52.8 Å². The quantitative estimate of drug-likeness (QED) is 0.799. The number of carbonyl (C=O) groups excluding carboxylic acids is 1. The van der Waals surface area contributed by atoms with Crippen molar-refractivity contribution in [3.05, 3.63) is 23.2 Å². The lowest BCUT2D eigenvalue weighted by atomic mass is 10.1. The molecule has 160 valence electrons. The van der Waals surface area contributed by atoms with E-state index >= 15 is 0 Å².